The van der Waals surface area contributed by atoms with Crippen LogP contribution in [-0.2, 0) is 4.79 Å². The van der Waals surface area contributed by atoms with Crippen molar-refractivity contribution in [3.05, 3.63) is 52.6 Å². The normalized spacial score (nSPS) is 16.5. The van der Waals surface area contributed by atoms with Gasteiger partial charge in [-0.05, 0) is 50.8 Å². The molecule has 1 amide bonds. The number of H-pyrrole nitrogens is 2. The van der Waals surface area contributed by atoms with Gasteiger partial charge >= 0.3 is 0 Å². The average Bonchev–Trinajstić information content (AvgIpc) is 3.44. The van der Waals surface area contributed by atoms with Gasteiger partial charge in [-0.25, -0.2) is 9.37 Å². The topological polar surface area (TPSA) is 114 Å². The monoisotopic (exact) mass is 477 g/mol. The quantitative estimate of drug-likeness (QED) is 0.407. The number of imidazole rings is 1. The number of halogens is 1. The molecule has 0 spiro atoms. The maximum atomic E-state index is 14.4. The van der Waals surface area contributed by atoms with Crippen molar-refractivity contribution in [1.82, 2.24) is 24.8 Å². The average molecular weight is 478 g/mol. The van der Waals surface area contributed by atoms with E-state index >= 15 is 0 Å². The largest absolute Gasteiger partial charge is 0.397 e. The fourth-order valence-electron chi connectivity index (χ4n) is 4.71. The van der Waals surface area contributed by atoms with Crippen molar-refractivity contribution >= 4 is 39.2 Å². The molecule has 2 aromatic carbocycles. The first kappa shape index (κ1) is 23.0. The summed E-state index contributed by atoms with van der Waals surface area (Å²) >= 11 is 0. The summed E-state index contributed by atoms with van der Waals surface area (Å²) in [6.45, 7) is 2.12. The number of likely N-dealkylation sites (N-methyl/N-ethyl adjacent to an activating group) is 2. The molecule has 1 saturated heterocycles. The van der Waals surface area contributed by atoms with Crippen LogP contribution in [0.15, 0.2) is 41.2 Å². The number of nitrogens with two attached hydrogens (primary N) is 1. The van der Waals surface area contributed by atoms with Crippen LogP contribution in [-0.4, -0.2) is 77.5 Å². The number of pyridine rings is 1. The Kier molecular flexibility index (Phi) is 5.78. The zero-order valence-electron chi connectivity index (χ0n) is 19.9. The number of hydrogen-bond donors (Lipinski definition) is 3. The number of carbonyl (C=O) groups excluding carboxylic acids is 1. The first-order chi connectivity index (χ1) is 16.7. The third-order valence-electron chi connectivity index (χ3n) is 6.83. The SMILES string of the molecule is CN(C(=O)CN1CCC(N(C)C)C1)c1ccc2nc(-c3c(N)c4c(F)cccc4[nH]c3=O)[nH]c2c1. The van der Waals surface area contributed by atoms with Crippen LogP contribution >= 0.6 is 0 Å². The van der Waals surface area contributed by atoms with Gasteiger partial charge in [-0.3, -0.25) is 14.5 Å². The zero-order chi connectivity index (χ0) is 24.9. The molecular weight excluding hydrogens is 449 g/mol. The highest BCUT2D eigenvalue weighted by atomic mass is 19.1. The molecule has 9 nitrogen and oxygen atoms in total. The highest BCUT2D eigenvalue weighted by Gasteiger charge is 2.26. The molecule has 1 aliphatic rings. The molecule has 0 radical (unpaired) electrons. The second-order valence-electron chi connectivity index (χ2n) is 9.29. The van der Waals surface area contributed by atoms with Crippen molar-refractivity contribution in [3.8, 4) is 11.4 Å². The van der Waals surface area contributed by atoms with Gasteiger partial charge in [0.25, 0.3) is 5.56 Å². The summed E-state index contributed by atoms with van der Waals surface area (Å²) in [5, 5.41) is 0.145. The number of carbonyl (C=O) groups is 1. The highest BCUT2D eigenvalue weighted by molar-refractivity contribution is 5.99. The van der Waals surface area contributed by atoms with Gasteiger partial charge in [-0.15, -0.1) is 0 Å². The van der Waals surface area contributed by atoms with Crippen molar-refractivity contribution in [2.75, 3.05) is 51.4 Å². The highest BCUT2D eigenvalue weighted by Crippen LogP contribution is 2.30. The molecular formula is C25H28FN7O2. The Morgan fingerprint density at radius 1 is 1.20 bits per heavy atom. The first-order valence-electron chi connectivity index (χ1n) is 11.5. The fourth-order valence-corrected chi connectivity index (χ4v) is 4.71. The molecule has 35 heavy (non-hydrogen) atoms. The second-order valence-corrected chi connectivity index (χ2v) is 9.29. The minimum absolute atomic E-state index is 0.00538. The number of fused-ring (bicyclic) bond motifs is 2. The number of aromatic nitrogens is 3. The van der Waals surface area contributed by atoms with E-state index in [9.17, 15) is 14.0 Å². The van der Waals surface area contributed by atoms with E-state index in [0.29, 0.717) is 34.8 Å². The van der Waals surface area contributed by atoms with Crippen LogP contribution in [0.3, 0.4) is 0 Å². The van der Waals surface area contributed by atoms with Crippen molar-refractivity contribution in [2.45, 2.75) is 12.5 Å². The zero-order valence-corrected chi connectivity index (χ0v) is 19.9. The lowest BCUT2D eigenvalue weighted by molar-refractivity contribution is -0.119. The summed E-state index contributed by atoms with van der Waals surface area (Å²) < 4.78 is 14.4. The van der Waals surface area contributed by atoms with E-state index in [2.05, 4.69) is 38.8 Å². The number of amides is 1. The number of benzene rings is 2. The van der Waals surface area contributed by atoms with E-state index in [1.807, 2.05) is 12.1 Å². The van der Waals surface area contributed by atoms with Gasteiger partial charge in [0.2, 0.25) is 5.91 Å². The van der Waals surface area contributed by atoms with Gasteiger partial charge in [-0.2, -0.15) is 0 Å². The molecule has 3 heterocycles. The molecule has 10 heteroatoms. The molecule has 1 aliphatic heterocycles. The van der Waals surface area contributed by atoms with Crippen molar-refractivity contribution in [3.63, 3.8) is 0 Å². The second kappa shape index (κ2) is 8.79. The number of nitrogens with zero attached hydrogens (tertiary/aromatic N) is 4. The van der Waals surface area contributed by atoms with Crippen LogP contribution < -0.4 is 16.2 Å². The first-order valence-corrected chi connectivity index (χ1v) is 11.5. The van der Waals surface area contributed by atoms with E-state index in [0.717, 1.165) is 19.5 Å². The standard InChI is InChI=1S/C25H28FN7O2/c1-31(2)15-9-10-33(12-15)13-20(34)32(3)14-7-8-17-19(11-14)29-24(28-17)22-23(27)21-16(26)5-4-6-18(21)30-25(22)35/h4-8,11,15H,9-10,12-13H2,1-3H3,(H,28,29)(H3,27,30,35). The maximum absolute atomic E-state index is 14.4. The molecule has 1 unspecified atom stereocenters. The Balaban J connectivity index is 1.43. The molecule has 4 N–H and O–H groups in total. The molecule has 0 aliphatic carbocycles. The number of aromatic amines is 2. The van der Waals surface area contributed by atoms with Crippen LogP contribution in [0.25, 0.3) is 33.3 Å². The van der Waals surface area contributed by atoms with Crippen molar-refractivity contribution in [2.24, 2.45) is 0 Å². The molecule has 182 valence electrons. The Morgan fingerprint density at radius 3 is 2.74 bits per heavy atom. The third-order valence-corrected chi connectivity index (χ3v) is 6.83. The Bertz CT molecular complexity index is 1490. The van der Waals surface area contributed by atoms with Crippen LogP contribution in [0.5, 0.6) is 0 Å². The Labute approximate surface area is 201 Å². The van der Waals surface area contributed by atoms with E-state index in [4.69, 9.17) is 5.73 Å². The van der Waals surface area contributed by atoms with Gasteiger partial charge in [-0.1, -0.05) is 6.07 Å². The summed E-state index contributed by atoms with van der Waals surface area (Å²) in [4.78, 5) is 42.0. The Morgan fingerprint density at radius 2 is 2.00 bits per heavy atom. The van der Waals surface area contributed by atoms with Crippen LogP contribution in [0.1, 0.15) is 6.42 Å². The van der Waals surface area contributed by atoms with E-state index in [-0.39, 0.29) is 28.4 Å². The Hall–Kier alpha value is -3.76. The predicted molar refractivity (Wildman–Crippen MR) is 136 cm³/mol. The van der Waals surface area contributed by atoms with Crippen LogP contribution in [0.2, 0.25) is 0 Å². The van der Waals surface area contributed by atoms with Gasteiger partial charge in [0.15, 0.2) is 0 Å². The van der Waals surface area contributed by atoms with Gasteiger partial charge in [0.05, 0.1) is 34.2 Å². The number of hydrogen-bond acceptors (Lipinski definition) is 6. The molecule has 0 saturated carbocycles. The number of rotatable bonds is 5. The summed E-state index contributed by atoms with van der Waals surface area (Å²) in [7, 11) is 5.87. The molecule has 0 bridgehead atoms. The van der Waals surface area contributed by atoms with E-state index < -0.39 is 11.4 Å². The lowest BCUT2D eigenvalue weighted by Crippen LogP contribution is -2.39. The van der Waals surface area contributed by atoms with Gasteiger partial charge in [0.1, 0.15) is 17.2 Å². The minimum atomic E-state index is -0.522. The number of nitrogens with one attached hydrogen (secondary N) is 2. The molecule has 4 aromatic rings. The maximum Gasteiger partial charge on any atom is 0.261 e. The number of anilines is 2. The lowest BCUT2D eigenvalue weighted by Gasteiger charge is -2.23. The smallest absolute Gasteiger partial charge is 0.261 e. The third kappa shape index (κ3) is 4.15. The molecule has 2 aromatic heterocycles. The van der Waals surface area contributed by atoms with Gasteiger partial charge in [0, 0.05) is 31.9 Å². The van der Waals surface area contributed by atoms with E-state index in [1.165, 1.54) is 12.1 Å². The summed E-state index contributed by atoms with van der Waals surface area (Å²) in [6.07, 6.45) is 1.05. The fraction of sp³-hybridized carbons (Fsp3) is 0.320. The number of likely N-dealkylation sites (tertiary alicyclic amines) is 1. The van der Waals surface area contributed by atoms with Crippen molar-refractivity contribution < 1.29 is 9.18 Å². The molecule has 1 fully saturated rings. The predicted octanol–water partition coefficient (Wildman–Crippen LogP) is 2.39. The minimum Gasteiger partial charge on any atom is -0.397 e. The van der Waals surface area contributed by atoms with Crippen LogP contribution in [0.4, 0.5) is 15.8 Å². The molecule has 1 atom stereocenters. The summed E-state index contributed by atoms with van der Waals surface area (Å²) in [6, 6.07) is 10.3. The summed E-state index contributed by atoms with van der Waals surface area (Å²) in [5.41, 5.74) is 8.12. The summed E-state index contributed by atoms with van der Waals surface area (Å²) in [5.74, 6) is -0.290. The van der Waals surface area contributed by atoms with E-state index in [1.54, 1.807) is 24.1 Å². The number of nitrogen functional groups attached to an aromatic ring is 1. The lowest BCUT2D eigenvalue weighted by atomic mass is 10.1. The van der Waals surface area contributed by atoms with Crippen molar-refractivity contribution in [1.29, 1.82) is 0 Å². The molecule has 5 rings (SSSR count). The van der Waals surface area contributed by atoms with Crippen LogP contribution in [0, 0.1) is 5.82 Å². The van der Waals surface area contributed by atoms with Gasteiger partial charge < -0.3 is 25.5 Å².